The molecule has 5 rings (SSSR count). The van der Waals surface area contributed by atoms with Gasteiger partial charge >= 0.3 is 0 Å². The van der Waals surface area contributed by atoms with Gasteiger partial charge in [0.05, 0.1) is 19.5 Å². The summed E-state index contributed by atoms with van der Waals surface area (Å²) in [5, 5.41) is 19.2. The lowest BCUT2D eigenvalue weighted by molar-refractivity contribution is -0.0421. The van der Waals surface area contributed by atoms with Crippen molar-refractivity contribution in [3.63, 3.8) is 0 Å². The highest BCUT2D eigenvalue weighted by atomic mass is 16.3. The summed E-state index contributed by atoms with van der Waals surface area (Å²) in [5.41, 5.74) is 1.38. The number of fused-ring (bicyclic) bond motifs is 1. The number of aliphatic hydroxyl groups excluding tert-OH is 2. The Morgan fingerprint density at radius 2 is 1.69 bits per heavy atom. The fourth-order valence-corrected chi connectivity index (χ4v) is 5.55. The second-order valence-electron chi connectivity index (χ2n) is 9.21. The first-order chi connectivity index (χ1) is 14.2. The number of hydrogen-bond acceptors (Lipinski definition) is 7. The van der Waals surface area contributed by atoms with Crippen LogP contribution in [0, 0.1) is 5.41 Å². The molecule has 8 heteroatoms. The van der Waals surface area contributed by atoms with E-state index in [4.69, 9.17) is 0 Å². The Bertz CT molecular complexity index is 837. The molecule has 3 aliphatic rings. The lowest BCUT2D eigenvalue weighted by atomic mass is 9.66. The van der Waals surface area contributed by atoms with Crippen molar-refractivity contribution in [1.29, 1.82) is 0 Å². The zero-order valence-corrected chi connectivity index (χ0v) is 17.1. The minimum atomic E-state index is -0.355. The van der Waals surface area contributed by atoms with Crippen LogP contribution in [-0.2, 0) is 0 Å². The zero-order valence-electron chi connectivity index (χ0n) is 17.1. The van der Waals surface area contributed by atoms with Gasteiger partial charge in [0.2, 0.25) is 0 Å². The van der Waals surface area contributed by atoms with Crippen molar-refractivity contribution < 1.29 is 10.2 Å². The molecule has 2 N–H and O–H groups in total. The van der Waals surface area contributed by atoms with E-state index in [0.29, 0.717) is 6.04 Å². The normalized spacial score (nSPS) is 26.0. The maximum absolute atomic E-state index is 9.59. The van der Waals surface area contributed by atoms with Gasteiger partial charge in [-0.25, -0.2) is 15.0 Å². The number of imidazole rings is 1. The van der Waals surface area contributed by atoms with Gasteiger partial charge in [-0.05, 0) is 58.0 Å². The topological polar surface area (TPSA) is 90.5 Å². The third-order valence-corrected chi connectivity index (χ3v) is 7.40. The van der Waals surface area contributed by atoms with E-state index < -0.39 is 0 Å². The Balaban J connectivity index is 1.34. The maximum Gasteiger partial charge on any atom is 0.165 e. The quantitative estimate of drug-likeness (QED) is 0.788. The Kier molecular flexibility index (Phi) is 5.17. The molecule has 2 aromatic heterocycles. The summed E-state index contributed by atoms with van der Waals surface area (Å²) in [7, 11) is 0. The van der Waals surface area contributed by atoms with Crippen LogP contribution in [0.4, 0.5) is 5.82 Å². The zero-order chi connectivity index (χ0) is 19.8. The average Bonchev–Trinajstić information content (AvgIpc) is 3.34. The number of nitrogens with zero attached hydrogens (tertiary/aromatic N) is 6. The van der Waals surface area contributed by atoms with Gasteiger partial charge < -0.3 is 24.6 Å². The number of aromatic nitrogens is 4. The first kappa shape index (κ1) is 19.2. The summed E-state index contributed by atoms with van der Waals surface area (Å²) in [6.45, 7) is 4.61. The van der Waals surface area contributed by atoms with Crippen molar-refractivity contribution in [2.24, 2.45) is 5.41 Å². The summed E-state index contributed by atoms with van der Waals surface area (Å²) < 4.78 is 2.11. The first-order valence-electron chi connectivity index (χ1n) is 11.1. The summed E-state index contributed by atoms with van der Waals surface area (Å²) in [6.07, 6.45) is 11.4. The van der Waals surface area contributed by atoms with Crippen molar-refractivity contribution in [3.8, 4) is 0 Å². The molecule has 0 spiro atoms. The molecule has 2 saturated heterocycles. The summed E-state index contributed by atoms with van der Waals surface area (Å²) in [4.78, 5) is 18.9. The molecule has 158 valence electrons. The van der Waals surface area contributed by atoms with E-state index in [2.05, 4.69) is 29.3 Å². The standard InChI is InChI=1S/C21H32N6O2/c28-12-21(13-29)10-17(11-21)27-15-24-18-19(22-14-23-20(18)27)26-8-3-4-16(5-9-26)25-6-1-2-7-25/h14-17,28-29H,1-13H2. The van der Waals surface area contributed by atoms with E-state index >= 15 is 0 Å². The lowest BCUT2D eigenvalue weighted by Gasteiger charge is -2.45. The molecule has 29 heavy (non-hydrogen) atoms. The van der Waals surface area contributed by atoms with E-state index in [1.165, 1.54) is 45.2 Å². The van der Waals surface area contributed by atoms with Crippen molar-refractivity contribution in [2.45, 2.75) is 57.0 Å². The molecule has 4 heterocycles. The van der Waals surface area contributed by atoms with E-state index in [9.17, 15) is 10.2 Å². The van der Waals surface area contributed by atoms with Gasteiger partial charge in [-0.15, -0.1) is 0 Å². The van der Waals surface area contributed by atoms with Crippen LogP contribution >= 0.6 is 0 Å². The van der Waals surface area contributed by atoms with Gasteiger partial charge in [0, 0.05) is 30.6 Å². The molecule has 0 aromatic carbocycles. The van der Waals surface area contributed by atoms with Crippen molar-refractivity contribution in [3.05, 3.63) is 12.7 Å². The lowest BCUT2D eigenvalue weighted by Crippen LogP contribution is -2.44. The number of likely N-dealkylation sites (tertiary alicyclic amines) is 1. The molecule has 1 saturated carbocycles. The number of rotatable bonds is 5. The molecule has 8 nitrogen and oxygen atoms in total. The molecule has 0 amide bonds. The number of anilines is 1. The van der Waals surface area contributed by atoms with Crippen LogP contribution in [0.1, 0.15) is 51.0 Å². The van der Waals surface area contributed by atoms with Crippen LogP contribution in [-0.4, -0.2) is 80.1 Å². The predicted octanol–water partition coefficient (Wildman–Crippen LogP) is 1.59. The largest absolute Gasteiger partial charge is 0.396 e. The molecule has 2 aromatic rings. The maximum atomic E-state index is 9.59. The minimum absolute atomic E-state index is 0.0266. The van der Waals surface area contributed by atoms with Crippen molar-refractivity contribution >= 4 is 17.0 Å². The van der Waals surface area contributed by atoms with Crippen LogP contribution < -0.4 is 4.90 Å². The molecular weight excluding hydrogens is 368 g/mol. The molecule has 0 radical (unpaired) electrons. The number of aliphatic hydroxyl groups is 2. The highest BCUT2D eigenvalue weighted by Gasteiger charge is 2.45. The average molecular weight is 401 g/mol. The summed E-state index contributed by atoms with van der Waals surface area (Å²) >= 11 is 0. The van der Waals surface area contributed by atoms with Gasteiger partial charge in [-0.2, -0.15) is 0 Å². The van der Waals surface area contributed by atoms with Crippen LogP contribution in [0.3, 0.4) is 0 Å². The molecule has 1 atom stereocenters. The van der Waals surface area contributed by atoms with E-state index in [1.54, 1.807) is 6.33 Å². The Morgan fingerprint density at radius 1 is 0.897 bits per heavy atom. The van der Waals surface area contributed by atoms with Gasteiger partial charge in [-0.3, -0.25) is 0 Å². The van der Waals surface area contributed by atoms with E-state index in [-0.39, 0.29) is 24.7 Å². The Labute approximate surface area is 171 Å². The summed E-state index contributed by atoms with van der Waals surface area (Å²) in [6, 6.07) is 0.933. The van der Waals surface area contributed by atoms with Crippen LogP contribution in [0.2, 0.25) is 0 Å². The van der Waals surface area contributed by atoms with Gasteiger partial charge in [-0.1, -0.05) is 0 Å². The second kappa shape index (κ2) is 7.81. The molecular formula is C21H32N6O2. The highest BCUT2D eigenvalue weighted by Crippen LogP contribution is 2.48. The number of hydrogen-bond donors (Lipinski definition) is 2. The molecule has 3 fully saturated rings. The highest BCUT2D eigenvalue weighted by molar-refractivity contribution is 5.83. The predicted molar refractivity (Wildman–Crippen MR) is 111 cm³/mol. The molecule has 1 aliphatic carbocycles. The van der Waals surface area contributed by atoms with Crippen LogP contribution in [0.25, 0.3) is 11.2 Å². The van der Waals surface area contributed by atoms with Gasteiger partial charge in [0.25, 0.3) is 0 Å². The van der Waals surface area contributed by atoms with E-state index in [0.717, 1.165) is 42.9 Å². The minimum Gasteiger partial charge on any atom is -0.396 e. The Hall–Kier alpha value is -1.77. The first-order valence-corrected chi connectivity index (χ1v) is 11.1. The fraction of sp³-hybridized carbons (Fsp3) is 0.762. The van der Waals surface area contributed by atoms with Crippen LogP contribution in [0.15, 0.2) is 12.7 Å². The second-order valence-corrected chi connectivity index (χ2v) is 9.21. The molecule has 2 aliphatic heterocycles. The molecule has 1 unspecified atom stereocenters. The fourth-order valence-electron chi connectivity index (χ4n) is 5.55. The third-order valence-electron chi connectivity index (χ3n) is 7.40. The van der Waals surface area contributed by atoms with Crippen molar-refractivity contribution in [2.75, 3.05) is 44.3 Å². The van der Waals surface area contributed by atoms with E-state index in [1.807, 2.05) is 6.33 Å². The summed E-state index contributed by atoms with van der Waals surface area (Å²) in [5.74, 6) is 0.950. The Morgan fingerprint density at radius 3 is 2.45 bits per heavy atom. The van der Waals surface area contributed by atoms with Gasteiger partial charge in [0.15, 0.2) is 17.0 Å². The van der Waals surface area contributed by atoms with Crippen LogP contribution in [0.5, 0.6) is 0 Å². The SMILES string of the molecule is OCC1(CO)CC(n2cnc3c(N4CCCC(N5CCCC5)CC4)ncnc32)C1. The monoisotopic (exact) mass is 400 g/mol. The third kappa shape index (κ3) is 3.41. The van der Waals surface area contributed by atoms with Gasteiger partial charge in [0.1, 0.15) is 6.33 Å². The smallest absolute Gasteiger partial charge is 0.165 e. The molecule has 0 bridgehead atoms. The van der Waals surface area contributed by atoms with Crippen molar-refractivity contribution in [1.82, 2.24) is 24.4 Å².